The van der Waals surface area contributed by atoms with Gasteiger partial charge in [0.2, 0.25) is 0 Å². The molecule has 0 aliphatic heterocycles. The lowest BCUT2D eigenvalue weighted by Crippen LogP contribution is -2.39. The van der Waals surface area contributed by atoms with E-state index in [1.165, 1.54) is 37.8 Å². The lowest BCUT2D eigenvalue weighted by Gasteiger charge is -2.31. The van der Waals surface area contributed by atoms with E-state index >= 15 is 0 Å². The number of carbonyl (C=O) groups excluding carboxylic acids is 1. The Bertz CT molecular complexity index is 568. The van der Waals surface area contributed by atoms with Gasteiger partial charge in [-0.2, -0.15) is 0 Å². The van der Waals surface area contributed by atoms with Crippen LogP contribution in [0.1, 0.15) is 89.4 Å². The van der Waals surface area contributed by atoms with Crippen LogP contribution in [0.4, 0.5) is 5.69 Å². The van der Waals surface area contributed by atoms with Gasteiger partial charge in [-0.25, -0.2) is 0 Å². The van der Waals surface area contributed by atoms with Gasteiger partial charge < -0.3 is 4.90 Å². The van der Waals surface area contributed by atoms with Crippen molar-refractivity contribution < 1.29 is 9.72 Å². The molecule has 2 atom stereocenters. The van der Waals surface area contributed by atoms with E-state index < -0.39 is 4.92 Å². The summed E-state index contributed by atoms with van der Waals surface area (Å²) < 4.78 is 0. The molecule has 1 aromatic rings. The Balaban J connectivity index is 2.98. The highest BCUT2D eigenvalue weighted by Crippen LogP contribution is 2.21. The van der Waals surface area contributed by atoms with E-state index in [4.69, 9.17) is 0 Å². The Morgan fingerprint density at radius 1 is 0.929 bits per heavy atom. The van der Waals surface area contributed by atoms with E-state index in [0.29, 0.717) is 17.4 Å². The standard InChI is InChI=1S/C23H38N2O3/c1-5-9-11-19(7-3)17-24(18-20(8-4)12-10-6-2)23(26)21-13-15-22(16-14-21)25(27)28/h13-16,19-20H,5-12,17-18H2,1-4H3. The largest absolute Gasteiger partial charge is 0.338 e. The van der Waals surface area contributed by atoms with Gasteiger partial charge in [0.25, 0.3) is 11.6 Å². The molecule has 0 radical (unpaired) electrons. The minimum absolute atomic E-state index is 0.000190. The lowest BCUT2D eigenvalue weighted by molar-refractivity contribution is -0.384. The van der Waals surface area contributed by atoms with E-state index in [-0.39, 0.29) is 11.6 Å². The number of carbonyl (C=O) groups is 1. The molecule has 0 aliphatic carbocycles. The molecule has 158 valence electrons. The maximum Gasteiger partial charge on any atom is 0.269 e. The van der Waals surface area contributed by atoms with E-state index in [9.17, 15) is 14.9 Å². The zero-order valence-electron chi connectivity index (χ0n) is 18.2. The fourth-order valence-corrected chi connectivity index (χ4v) is 3.61. The third-order valence-electron chi connectivity index (χ3n) is 5.66. The Morgan fingerprint density at radius 3 is 1.75 bits per heavy atom. The molecule has 0 spiro atoms. The van der Waals surface area contributed by atoms with E-state index in [1.807, 2.05) is 4.90 Å². The van der Waals surface area contributed by atoms with Crippen LogP contribution >= 0.6 is 0 Å². The summed E-state index contributed by atoms with van der Waals surface area (Å²) in [5.74, 6) is 1.01. The number of rotatable bonds is 14. The topological polar surface area (TPSA) is 63.5 Å². The predicted molar refractivity (Wildman–Crippen MR) is 116 cm³/mol. The SMILES string of the molecule is CCCCC(CC)CN(CC(CC)CCCC)C(=O)c1ccc([N+](=O)[O-])cc1. The number of hydrogen-bond donors (Lipinski definition) is 0. The quantitative estimate of drug-likeness (QED) is 0.270. The molecule has 1 rings (SSSR count). The molecule has 2 unspecified atom stereocenters. The predicted octanol–water partition coefficient (Wildman–Crippen LogP) is 6.47. The maximum atomic E-state index is 13.2. The highest BCUT2D eigenvalue weighted by molar-refractivity contribution is 5.94. The summed E-state index contributed by atoms with van der Waals surface area (Å²) in [5, 5.41) is 10.9. The van der Waals surface area contributed by atoms with E-state index in [0.717, 1.165) is 38.8 Å². The molecule has 5 nitrogen and oxygen atoms in total. The van der Waals surface area contributed by atoms with Crippen LogP contribution in [-0.2, 0) is 0 Å². The Morgan fingerprint density at radius 2 is 1.39 bits per heavy atom. The van der Waals surface area contributed by atoms with Crippen molar-refractivity contribution in [3.8, 4) is 0 Å². The van der Waals surface area contributed by atoms with Gasteiger partial charge in [0.1, 0.15) is 0 Å². The first-order valence-corrected chi connectivity index (χ1v) is 11.0. The Labute approximate surface area is 170 Å². The molecule has 0 heterocycles. The van der Waals surface area contributed by atoms with Crippen molar-refractivity contribution in [2.45, 2.75) is 79.1 Å². The van der Waals surface area contributed by atoms with Crippen LogP contribution in [0.15, 0.2) is 24.3 Å². The summed E-state index contributed by atoms with van der Waals surface area (Å²) in [6.07, 6.45) is 9.12. The second kappa shape index (κ2) is 13.3. The van der Waals surface area contributed by atoms with Crippen LogP contribution in [0.2, 0.25) is 0 Å². The number of unbranched alkanes of at least 4 members (excludes halogenated alkanes) is 2. The zero-order chi connectivity index (χ0) is 20.9. The molecule has 1 amide bonds. The van der Waals surface area contributed by atoms with Gasteiger partial charge in [-0.3, -0.25) is 14.9 Å². The molecule has 0 fully saturated rings. The maximum absolute atomic E-state index is 13.2. The van der Waals surface area contributed by atoms with Crippen LogP contribution in [0, 0.1) is 22.0 Å². The monoisotopic (exact) mass is 390 g/mol. The van der Waals surface area contributed by atoms with Gasteiger partial charge in [0.15, 0.2) is 0 Å². The highest BCUT2D eigenvalue weighted by atomic mass is 16.6. The van der Waals surface area contributed by atoms with E-state index in [2.05, 4.69) is 27.7 Å². The lowest BCUT2D eigenvalue weighted by atomic mass is 9.95. The molecular weight excluding hydrogens is 352 g/mol. The number of benzene rings is 1. The Kier molecular flexibility index (Phi) is 11.5. The molecule has 0 bridgehead atoms. The van der Waals surface area contributed by atoms with Crippen LogP contribution in [-0.4, -0.2) is 28.8 Å². The zero-order valence-corrected chi connectivity index (χ0v) is 18.2. The minimum Gasteiger partial charge on any atom is -0.338 e. The van der Waals surface area contributed by atoms with Gasteiger partial charge in [-0.05, 0) is 36.8 Å². The average molecular weight is 391 g/mol. The number of nitrogens with zero attached hydrogens (tertiary/aromatic N) is 2. The summed E-state index contributed by atoms with van der Waals surface area (Å²) in [6.45, 7) is 10.3. The summed E-state index contributed by atoms with van der Waals surface area (Å²) in [6, 6.07) is 6.03. The highest BCUT2D eigenvalue weighted by Gasteiger charge is 2.23. The van der Waals surface area contributed by atoms with Gasteiger partial charge in [-0.1, -0.05) is 66.2 Å². The van der Waals surface area contributed by atoms with Gasteiger partial charge in [0.05, 0.1) is 4.92 Å². The van der Waals surface area contributed by atoms with Crippen molar-refractivity contribution in [2.24, 2.45) is 11.8 Å². The molecule has 0 aliphatic rings. The first-order valence-electron chi connectivity index (χ1n) is 11.0. The van der Waals surface area contributed by atoms with Crippen LogP contribution < -0.4 is 0 Å². The van der Waals surface area contributed by atoms with Gasteiger partial charge in [-0.15, -0.1) is 0 Å². The fraction of sp³-hybridized carbons (Fsp3) is 0.696. The van der Waals surface area contributed by atoms with E-state index in [1.54, 1.807) is 12.1 Å². The molecule has 0 aromatic heterocycles. The van der Waals surface area contributed by atoms with Crippen molar-refractivity contribution in [3.63, 3.8) is 0 Å². The molecule has 0 saturated carbocycles. The van der Waals surface area contributed by atoms with Crippen molar-refractivity contribution >= 4 is 11.6 Å². The van der Waals surface area contributed by atoms with Crippen LogP contribution in [0.25, 0.3) is 0 Å². The normalized spacial score (nSPS) is 13.1. The Hall–Kier alpha value is -1.91. The summed E-state index contributed by atoms with van der Waals surface area (Å²) in [5.41, 5.74) is 0.563. The third-order valence-corrected chi connectivity index (χ3v) is 5.66. The second-order valence-electron chi connectivity index (χ2n) is 7.85. The molecule has 0 saturated heterocycles. The molecule has 0 N–H and O–H groups in total. The summed E-state index contributed by atoms with van der Waals surface area (Å²) >= 11 is 0. The number of hydrogen-bond acceptors (Lipinski definition) is 3. The first-order chi connectivity index (χ1) is 13.5. The summed E-state index contributed by atoms with van der Waals surface area (Å²) in [7, 11) is 0. The fourth-order valence-electron chi connectivity index (χ4n) is 3.61. The van der Waals surface area contributed by atoms with Gasteiger partial charge in [0, 0.05) is 30.8 Å². The molecular formula is C23H38N2O3. The molecule has 5 heteroatoms. The van der Waals surface area contributed by atoms with Crippen molar-refractivity contribution in [3.05, 3.63) is 39.9 Å². The average Bonchev–Trinajstić information content (AvgIpc) is 2.72. The number of non-ortho nitro benzene ring substituents is 1. The summed E-state index contributed by atoms with van der Waals surface area (Å²) in [4.78, 5) is 25.7. The smallest absolute Gasteiger partial charge is 0.269 e. The van der Waals surface area contributed by atoms with Crippen molar-refractivity contribution in [1.29, 1.82) is 0 Å². The van der Waals surface area contributed by atoms with Gasteiger partial charge >= 0.3 is 0 Å². The van der Waals surface area contributed by atoms with Crippen molar-refractivity contribution in [2.75, 3.05) is 13.1 Å². The number of nitro groups is 1. The van der Waals surface area contributed by atoms with Crippen molar-refractivity contribution in [1.82, 2.24) is 4.90 Å². The van der Waals surface area contributed by atoms with Crippen LogP contribution in [0.3, 0.4) is 0 Å². The number of nitro benzene ring substituents is 1. The molecule has 28 heavy (non-hydrogen) atoms. The molecule has 1 aromatic carbocycles. The number of amides is 1. The minimum atomic E-state index is -0.429. The third kappa shape index (κ3) is 7.99. The second-order valence-corrected chi connectivity index (χ2v) is 7.85. The first kappa shape index (κ1) is 24.1. The van der Waals surface area contributed by atoms with Crippen LogP contribution in [0.5, 0.6) is 0 Å².